The van der Waals surface area contributed by atoms with Gasteiger partial charge in [0.05, 0.1) is 5.75 Å². The molecule has 1 atom stereocenters. The lowest BCUT2D eigenvalue weighted by Gasteiger charge is -2.20. The summed E-state index contributed by atoms with van der Waals surface area (Å²) in [5.41, 5.74) is 4.33. The van der Waals surface area contributed by atoms with Crippen LogP contribution >= 0.6 is 11.8 Å². The molecule has 0 aliphatic rings. The molecule has 2 aromatic carbocycles. The Labute approximate surface area is 194 Å². The molecule has 32 heavy (non-hydrogen) atoms. The van der Waals surface area contributed by atoms with Crippen LogP contribution in [0.1, 0.15) is 56.3 Å². The molecule has 0 bridgehead atoms. The molecule has 3 aromatic rings. The van der Waals surface area contributed by atoms with Gasteiger partial charge in [-0.3, -0.25) is 4.79 Å². The van der Waals surface area contributed by atoms with E-state index in [4.69, 9.17) is 4.74 Å². The van der Waals surface area contributed by atoms with E-state index in [0.717, 1.165) is 22.6 Å². The highest BCUT2D eigenvalue weighted by molar-refractivity contribution is 7.99. The van der Waals surface area contributed by atoms with Gasteiger partial charge in [0.1, 0.15) is 5.75 Å². The Balaban J connectivity index is 1.60. The first kappa shape index (κ1) is 23.9. The van der Waals surface area contributed by atoms with Crippen molar-refractivity contribution in [3.63, 3.8) is 0 Å². The second-order valence-electron chi connectivity index (χ2n) is 9.04. The van der Waals surface area contributed by atoms with Gasteiger partial charge in [0.2, 0.25) is 5.91 Å². The van der Waals surface area contributed by atoms with Crippen LogP contribution in [0.25, 0.3) is 0 Å². The average molecular weight is 453 g/mol. The molecule has 0 fully saturated rings. The molecule has 1 heterocycles. The first-order chi connectivity index (χ1) is 15.1. The Kier molecular flexibility index (Phi) is 7.29. The molecule has 7 heteroatoms. The summed E-state index contributed by atoms with van der Waals surface area (Å²) in [5.74, 6) is 1.68. The number of rotatable bonds is 7. The van der Waals surface area contributed by atoms with Gasteiger partial charge in [0, 0.05) is 12.7 Å². The van der Waals surface area contributed by atoms with Crippen LogP contribution < -0.4 is 10.1 Å². The number of nitrogens with zero attached hydrogens (tertiary/aromatic N) is 3. The first-order valence-electron chi connectivity index (χ1n) is 10.7. The summed E-state index contributed by atoms with van der Waals surface area (Å²) in [4.78, 5) is 12.5. The number of hydrogen-bond donors (Lipinski definition) is 1. The van der Waals surface area contributed by atoms with E-state index < -0.39 is 0 Å². The maximum Gasteiger partial charge on any atom is 0.234 e. The molecule has 0 aliphatic carbocycles. The minimum absolute atomic E-state index is 0.0693. The van der Waals surface area contributed by atoms with E-state index in [0.29, 0.717) is 11.0 Å². The van der Waals surface area contributed by atoms with Crippen LogP contribution in [-0.2, 0) is 17.3 Å². The molecular weight excluding hydrogens is 420 g/mol. The molecule has 3 rings (SSSR count). The normalized spacial score (nSPS) is 12.5. The Morgan fingerprint density at radius 2 is 1.72 bits per heavy atom. The van der Waals surface area contributed by atoms with Gasteiger partial charge in [0.25, 0.3) is 0 Å². The zero-order chi connectivity index (χ0) is 23.5. The Bertz CT molecular complexity index is 1060. The fourth-order valence-electron chi connectivity index (χ4n) is 3.41. The Hall–Kier alpha value is -2.80. The van der Waals surface area contributed by atoms with E-state index in [1.165, 1.54) is 17.3 Å². The van der Waals surface area contributed by atoms with Crippen molar-refractivity contribution >= 4 is 23.4 Å². The van der Waals surface area contributed by atoms with E-state index in [-0.39, 0.29) is 23.2 Å². The maximum absolute atomic E-state index is 12.5. The molecule has 0 saturated carbocycles. The predicted octanol–water partition coefficient (Wildman–Crippen LogP) is 5.60. The zero-order valence-corrected chi connectivity index (χ0v) is 20.7. The summed E-state index contributed by atoms with van der Waals surface area (Å²) in [6.07, 6.45) is -0.272. The molecule has 0 saturated heterocycles. The number of hydrogen-bond acceptors (Lipinski definition) is 5. The van der Waals surface area contributed by atoms with Crippen LogP contribution in [0.3, 0.4) is 0 Å². The largest absolute Gasteiger partial charge is 0.483 e. The molecular formula is C25H32N4O2S. The highest BCUT2D eigenvalue weighted by Gasteiger charge is 2.19. The first-order valence-corrected chi connectivity index (χ1v) is 11.7. The van der Waals surface area contributed by atoms with Gasteiger partial charge in [-0.05, 0) is 55.0 Å². The standard InChI is InChI=1S/C25H32N4O2S/c1-16-9-8-10-17(2)22(16)26-21(30)15-32-24-28-27-23(29(24)7)18(3)31-20-13-11-19(12-14-20)25(4,5)6/h8-14,18H,15H2,1-7H3,(H,26,30). The molecule has 1 N–H and O–H groups in total. The topological polar surface area (TPSA) is 69.0 Å². The van der Waals surface area contributed by atoms with Crippen LogP contribution in [0, 0.1) is 13.8 Å². The SMILES string of the molecule is Cc1cccc(C)c1NC(=O)CSc1nnc(C(C)Oc2ccc(C(C)(C)C)cc2)n1C. The van der Waals surface area contributed by atoms with Crippen LogP contribution in [0.4, 0.5) is 5.69 Å². The van der Waals surface area contributed by atoms with Crippen molar-refractivity contribution in [3.8, 4) is 5.75 Å². The van der Waals surface area contributed by atoms with Gasteiger partial charge in [-0.15, -0.1) is 10.2 Å². The van der Waals surface area contributed by atoms with Gasteiger partial charge in [-0.2, -0.15) is 0 Å². The predicted molar refractivity (Wildman–Crippen MR) is 130 cm³/mol. The number of carbonyl (C=O) groups excluding carboxylic acids is 1. The third-order valence-electron chi connectivity index (χ3n) is 5.34. The van der Waals surface area contributed by atoms with Crippen molar-refractivity contribution < 1.29 is 9.53 Å². The van der Waals surface area contributed by atoms with Gasteiger partial charge in [-0.1, -0.05) is 62.9 Å². The molecule has 170 valence electrons. The minimum atomic E-state index is -0.272. The highest BCUT2D eigenvalue weighted by Crippen LogP contribution is 2.27. The van der Waals surface area contributed by atoms with Crippen LogP contribution in [0.15, 0.2) is 47.6 Å². The smallest absolute Gasteiger partial charge is 0.234 e. The highest BCUT2D eigenvalue weighted by atomic mass is 32.2. The van der Waals surface area contributed by atoms with E-state index in [1.807, 2.05) is 62.7 Å². The van der Waals surface area contributed by atoms with Gasteiger partial charge in [-0.25, -0.2) is 0 Å². The molecule has 0 aliphatic heterocycles. The number of thioether (sulfide) groups is 1. The third kappa shape index (κ3) is 5.71. The molecule has 0 spiro atoms. The van der Waals surface area contributed by atoms with Crippen LogP contribution in [0.5, 0.6) is 5.75 Å². The summed E-state index contributed by atoms with van der Waals surface area (Å²) in [6.45, 7) is 12.5. The van der Waals surface area contributed by atoms with E-state index in [1.54, 1.807) is 0 Å². The molecule has 1 unspecified atom stereocenters. The van der Waals surface area contributed by atoms with Crippen molar-refractivity contribution in [2.45, 2.75) is 58.2 Å². The van der Waals surface area contributed by atoms with Crippen LogP contribution in [-0.4, -0.2) is 26.4 Å². The summed E-state index contributed by atoms with van der Waals surface area (Å²) in [5, 5.41) is 12.2. The Morgan fingerprint density at radius 3 is 2.31 bits per heavy atom. The summed E-state index contributed by atoms with van der Waals surface area (Å²) in [7, 11) is 1.89. The van der Waals surface area contributed by atoms with Crippen molar-refractivity contribution in [1.29, 1.82) is 0 Å². The van der Waals surface area contributed by atoms with Crippen LogP contribution in [0.2, 0.25) is 0 Å². The number of nitrogens with one attached hydrogen (secondary N) is 1. The summed E-state index contributed by atoms with van der Waals surface area (Å²) in [6, 6.07) is 14.1. The second kappa shape index (κ2) is 9.77. The lowest BCUT2D eigenvalue weighted by Crippen LogP contribution is -2.16. The van der Waals surface area contributed by atoms with Crippen molar-refractivity contribution in [3.05, 3.63) is 65.0 Å². The monoisotopic (exact) mass is 452 g/mol. The number of benzene rings is 2. The fourth-order valence-corrected chi connectivity index (χ4v) is 4.13. The molecule has 1 aromatic heterocycles. The molecule has 0 radical (unpaired) electrons. The van der Waals surface area contributed by atoms with E-state index in [9.17, 15) is 4.79 Å². The second-order valence-corrected chi connectivity index (χ2v) is 9.98. The quantitative estimate of drug-likeness (QED) is 0.473. The number of amides is 1. The number of aryl methyl sites for hydroxylation is 2. The fraction of sp³-hybridized carbons (Fsp3) is 0.400. The minimum Gasteiger partial charge on any atom is -0.483 e. The number of aromatic nitrogens is 3. The van der Waals surface area contributed by atoms with Gasteiger partial charge >= 0.3 is 0 Å². The number of anilines is 1. The average Bonchev–Trinajstić information content (AvgIpc) is 3.09. The van der Waals surface area contributed by atoms with Crippen molar-refractivity contribution in [2.24, 2.45) is 7.05 Å². The molecule has 1 amide bonds. The number of ether oxygens (including phenoxy) is 1. The van der Waals surface area contributed by atoms with Gasteiger partial charge in [0.15, 0.2) is 17.1 Å². The van der Waals surface area contributed by atoms with Crippen molar-refractivity contribution in [1.82, 2.24) is 14.8 Å². The Morgan fingerprint density at radius 1 is 1.09 bits per heavy atom. The molecule has 6 nitrogen and oxygen atoms in total. The number of para-hydroxylation sites is 1. The summed E-state index contributed by atoms with van der Waals surface area (Å²) >= 11 is 1.36. The van der Waals surface area contributed by atoms with Gasteiger partial charge < -0.3 is 14.6 Å². The lowest BCUT2D eigenvalue weighted by molar-refractivity contribution is -0.113. The third-order valence-corrected chi connectivity index (χ3v) is 6.36. The number of carbonyl (C=O) groups is 1. The zero-order valence-electron chi connectivity index (χ0n) is 19.9. The van der Waals surface area contributed by atoms with Crippen molar-refractivity contribution in [2.75, 3.05) is 11.1 Å². The maximum atomic E-state index is 12.5. The lowest BCUT2D eigenvalue weighted by atomic mass is 9.87. The van der Waals surface area contributed by atoms with E-state index in [2.05, 4.69) is 48.4 Å². The summed E-state index contributed by atoms with van der Waals surface area (Å²) < 4.78 is 7.96. The van der Waals surface area contributed by atoms with E-state index >= 15 is 0 Å².